The normalized spacial score (nSPS) is 13.0. The molecule has 1 atom stereocenters. The number of methoxy groups -OCH3 is 1. The number of alkyl halides is 2. The Bertz CT molecular complexity index is 427. The lowest BCUT2D eigenvalue weighted by atomic mass is 10.0. The van der Waals surface area contributed by atoms with E-state index in [-0.39, 0.29) is 12.6 Å². The van der Waals surface area contributed by atoms with E-state index in [0.29, 0.717) is 6.54 Å². The highest BCUT2D eigenvalue weighted by molar-refractivity contribution is 5.38. The first kappa shape index (κ1) is 17.9. The highest BCUT2D eigenvalue weighted by Gasteiger charge is 2.13. The van der Waals surface area contributed by atoms with Crippen molar-refractivity contribution in [1.82, 2.24) is 10.2 Å². The third-order valence-electron chi connectivity index (χ3n) is 3.39. The van der Waals surface area contributed by atoms with Gasteiger partial charge in [-0.05, 0) is 44.6 Å². The molecule has 0 fully saturated rings. The van der Waals surface area contributed by atoms with Crippen LogP contribution in [0.3, 0.4) is 0 Å². The Morgan fingerprint density at radius 1 is 1.33 bits per heavy atom. The summed E-state index contributed by atoms with van der Waals surface area (Å²) in [6.45, 7) is 5.38. The largest absolute Gasteiger partial charge is 0.496 e. The maximum atomic E-state index is 12.4. The molecule has 0 heterocycles. The van der Waals surface area contributed by atoms with Crippen LogP contribution in [0.4, 0.5) is 8.78 Å². The highest BCUT2D eigenvalue weighted by Crippen LogP contribution is 2.24. The van der Waals surface area contributed by atoms with Gasteiger partial charge in [-0.25, -0.2) is 8.78 Å². The Kier molecular flexibility index (Phi) is 7.61. The lowest BCUT2D eigenvalue weighted by Gasteiger charge is -2.20. The molecule has 1 unspecified atom stereocenters. The van der Waals surface area contributed by atoms with Gasteiger partial charge >= 0.3 is 0 Å². The summed E-state index contributed by atoms with van der Waals surface area (Å²) in [5.74, 6) is 0.738. The number of halogens is 2. The average molecular weight is 300 g/mol. The molecule has 1 aromatic rings. The Morgan fingerprint density at radius 3 is 2.62 bits per heavy atom. The minimum absolute atomic E-state index is 0.231. The van der Waals surface area contributed by atoms with E-state index >= 15 is 0 Å². The average Bonchev–Trinajstić information content (AvgIpc) is 2.43. The van der Waals surface area contributed by atoms with Crippen molar-refractivity contribution in [1.29, 1.82) is 0 Å². The summed E-state index contributed by atoms with van der Waals surface area (Å²) >= 11 is 0. The summed E-state index contributed by atoms with van der Waals surface area (Å²) < 4.78 is 30.2. The molecule has 0 bridgehead atoms. The van der Waals surface area contributed by atoms with Crippen LogP contribution in [-0.2, 0) is 6.54 Å². The lowest BCUT2D eigenvalue weighted by molar-refractivity contribution is 0.0972. The predicted molar refractivity (Wildman–Crippen MR) is 82.0 cm³/mol. The van der Waals surface area contributed by atoms with Crippen molar-refractivity contribution in [3.8, 4) is 5.75 Å². The fourth-order valence-electron chi connectivity index (χ4n) is 2.26. The quantitative estimate of drug-likeness (QED) is 0.756. The smallest absolute Gasteiger partial charge is 0.251 e. The molecule has 120 valence electrons. The number of ether oxygens (including phenoxy) is 1. The molecular weight excluding hydrogens is 274 g/mol. The molecule has 3 nitrogen and oxygen atoms in total. The molecule has 0 amide bonds. The number of rotatable bonds is 9. The molecule has 0 saturated heterocycles. The number of nitrogens with one attached hydrogen (secondary N) is 1. The van der Waals surface area contributed by atoms with Crippen molar-refractivity contribution in [2.24, 2.45) is 0 Å². The van der Waals surface area contributed by atoms with Crippen LogP contribution in [0.25, 0.3) is 0 Å². The lowest BCUT2D eigenvalue weighted by Crippen LogP contribution is -2.24. The van der Waals surface area contributed by atoms with E-state index in [2.05, 4.69) is 19.2 Å². The molecule has 5 heteroatoms. The number of hydrogen-bond acceptors (Lipinski definition) is 3. The molecule has 0 aromatic heterocycles. The van der Waals surface area contributed by atoms with E-state index in [1.807, 2.05) is 18.2 Å². The maximum absolute atomic E-state index is 12.4. The summed E-state index contributed by atoms with van der Waals surface area (Å²) in [7, 11) is 3.29. The number of nitrogens with zero attached hydrogens (tertiary/aromatic N) is 1. The molecule has 1 aromatic carbocycles. The Hall–Kier alpha value is -1.20. The molecule has 1 rings (SSSR count). The predicted octanol–water partition coefficient (Wildman–Crippen LogP) is 3.45. The van der Waals surface area contributed by atoms with E-state index in [4.69, 9.17) is 4.74 Å². The number of hydrogen-bond donors (Lipinski definition) is 1. The second-order valence-electron chi connectivity index (χ2n) is 5.33. The van der Waals surface area contributed by atoms with Crippen LogP contribution in [0.15, 0.2) is 18.2 Å². The van der Waals surface area contributed by atoms with Gasteiger partial charge in [0, 0.05) is 18.2 Å². The minimum Gasteiger partial charge on any atom is -0.496 e. The van der Waals surface area contributed by atoms with Crippen LogP contribution in [0, 0.1) is 0 Å². The van der Waals surface area contributed by atoms with Gasteiger partial charge in [-0.3, -0.25) is 4.90 Å². The van der Waals surface area contributed by atoms with Crippen LogP contribution < -0.4 is 10.1 Å². The van der Waals surface area contributed by atoms with Crippen molar-refractivity contribution in [2.45, 2.75) is 39.3 Å². The zero-order valence-corrected chi connectivity index (χ0v) is 13.3. The third-order valence-corrected chi connectivity index (χ3v) is 3.39. The molecule has 0 radical (unpaired) electrons. The molecule has 21 heavy (non-hydrogen) atoms. The monoisotopic (exact) mass is 300 g/mol. The molecule has 0 aliphatic heterocycles. The first-order valence-electron chi connectivity index (χ1n) is 7.34. The number of benzene rings is 1. The molecule has 1 N–H and O–H groups in total. The van der Waals surface area contributed by atoms with Crippen LogP contribution in [0.2, 0.25) is 0 Å². The summed E-state index contributed by atoms with van der Waals surface area (Å²) in [6.07, 6.45) is -1.25. The molecular formula is C16H26F2N2O. The van der Waals surface area contributed by atoms with Crippen LogP contribution >= 0.6 is 0 Å². The van der Waals surface area contributed by atoms with E-state index in [9.17, 15) is 8.78 Å². The fraction of sp³-hybridized carbons (Fsp3) is 0.625. The summed E-state index contributed by atoms with van der Waals surface area (Å²) in [5.41, 5.74) is 2.08. The van der Waals surface area contributed by atoms with Gasteiger partial charge in [0.2, 0.25) is 0 Å². The van der Waals surface area contributed by atoms with Crippen molar-refractivity contribution in [2.75, 3.05) is 27.2 Å². The minimum atomic E-state index is -2.32. The van der Waals surface area contributed by atoms with Crippen LogP contribution in [0.1, 0.15) is 37.4 Å². The van der Waals surface area contributed by atoms with Gasteiger partial charge in [0.05, 0.1) is 13.7 Å². The molecule has 0 saturated carbocycles. The first-order valence-corrected chi connectivity index (χ1v) is 7.34. The fourth-order valence-corrected chi connectivity index (χ4v) is 2.26. The van der Waals surface area contributed by atoms with Gasteiger partial charge in [-0.2, -0.15) is 0 Å². The van der Waals surface area contributed by atoms with Gasteiger partial charge in [-0.1, -0.05) is 13.0 Å². The highest BCUT2D eigenvalue weighted by atomic mass is 19.3. The Labute approximate surface area is 126 Å². The van der Waals surface area contributed by atoms with E-state index < -0.39 is 6.43 Å². The summed E-state index contributed by atoms with van der Waals surface area (Å²) in [5, 5.41) is 3.42. The zero-order valence-electron chi connectivity index (χ0n) is 13.3. The second-order valence-corrected chi connectivity index (χ2v) is 5.33. The SMILES string of the molecule is CCCNC(C)c1ccc(OC)c(CN(C)CC(F)F)c1. The van der Waals surface area contributed by atoms with Crippen molar-refractivity contribution in [3.63, 3.8) is 0 Å². The van der Waals surface area contributed by atoms with Gasteiger partial charge in [-0.15, -0.1) is 0 Å². The Balaban J connectivity index is 2.84. The first-order chi connectivity index (χ1) is 9.97. The standard InChI is InChI=1S/C16H26F2N2O/c1-5-8-19-12(2)13-6-7-15(21-4)14(9-13)10-20(3)11-16(17)18/h6-7,9,12,16,19H,5,8,10-11H2,1-4H3. The van der Waals surface area contributed by atoms with Crippen LogP contribution in [0.5, 0.6) is 5.75 Å². The van der Waals surface area contributed by atoms with Crippen molar-refractivity contribution >= 4 is 0 Å². The molecule has 0 spiro atoms. The van der Waals surface area contributed by atoms with E-state index in [1.165, 1.54) is 0 Å². The summed E-state index contributed by atoms with van der Waals surface area (Å²) in [4.78, 5) is 1.61. The third kappa shape index (κ3) is 5.98. The Morgan fingerprint density at radius 2 is 2.05 bits per heavy atom. The topological polar surface area (TPSA) is 24.5 Å². The van der Waals surface area contributed by atoms with Crippen molar-refractivity contribution < 1.29 is 13.5 Å². The van der Waals surface area contributed by atoms with Crippen LogP contribution in [-0.4, -0.2) is 38.6 Å². The molecule has 0 aliphatic rings. The van der Waals surface area contributed by atoms with Crippen molar-refractivity contribution in [3.05, 3.63) is 29.3 Å². The maximum Gasteiger partial charge on any atom is 0.251 e. The summed E-state index contributed by atoms with van der Waals surface area (Å²) in [6, 6.07) is 6.19. The van der Waals surface area contributed by atoms with Gasteiger partial charge in [0.25, 0.3) is 6.43 Å². The van der Waals surface area contributed by atoms with Gasteiger partial charge in [0.15, 0.2) is 0 Å². The molecule has 0 aliphatic carbocycles. The van der Waals surface area contributed by atoms with Gasteiger partial charge < -0.3 is 10.1 Å². The van der Waals surface area contributed by atoms with E-state index in [0.717, 1.165) is 29.8 Å². The zero-order chi connectivity index (χ0) is 15.8. The van der Waals surface area contributed by atoms with E-state index in [1.54, 1.807) is 19.1 Å². The van der Waals surface area contributed by atoms with Gasteiger partial charge in [0.1, 0.15) is 5.75 Å². The second kappa shape index (κ2) is 8.95.